The molecule has 2 N–H and O–H groups in total. The van der Waals surface area contributed by atoms with Crippen molar-refractivity contribution in [1.82, 2.24) is 4.90 Å². The lowest BCUT2D eigenvalue weighted by molar-refractivity contribution is 0.125. The fourth-order valence-electron chi connectivity index (χ4n) is 2.24. The van der Waals surface area contributed by atoms with E-state index in [4.69, 9.17) is 0 Å². The normalized spacial score (nSPS) is 12.2. The molecule has 5 heteroatoms. The Kier molecular flexibility index (Phi) is 5.57. The molecular weight excluding hydrogens is 296 g/mol. The van der Waals surface area contributed by atoms with Gasteiger partial charge in [-0.2, -0.15) is 0 Å². The van der Waals surface area contributed by atoms with Crippen LogP contribution < -0.4 is 5.32 Å². The Hall–Kier alpha value is -1.85. The van der Waals surface area contributed by atoms with Gasteiger partial charge in [0, 0.05) is 23.0 Å². The van der Waals surface area contributed by atoms with E-state index in [-0.39, 0.29) is 12.1 Å². The van der Waals surface area contributed by atoms with Gasteiger partial charge >= 0.3 is 6.03 Å². The minimum absolute atomic E-state index is 0.0171. The molecule has 0 saturated heterocycles. The van der Waals surface area contributed by atoms with Crippen LogP contribution in [-0.2, 0) is 0 Å². The summed E-state index contributed by atoms with van der Waals surface area (Å²) >= 11 is 1.64. The third kappa shape index (κ3) is 4.08. The third-order valence-electron chi connectivity index (χ3n) is 3.30. The smallest absolute Gasteiger partial charge is 0.322 e. The van der Waals surface area contributed by atoms with E-state index in [0.29, 0.717) is 6.54 Å². The summed E-state index contributed by atoms with van der Waals surface area (Å²) < 4.78 is 0. The predicted molar refractivity (Wildman–Crippen MR) is 92.3 cm³/mol. The van der Waals surface area contributed by atoms with Crippen LogP contribution in [0.1, 0.15) is 20.8 Å². The van der Waals surface area contributed by atoms with Crippen molar-refractivity contribution in [3.8, 4) is 10.4 Å². The maximum absolute atomic E-state index is 12.5. The second-order valence-corrected chi connectivity index (χ2v) is 6.50. The first-order valence-corrected chi connectivity index (χ1v) is 8.25. The molecule has 1 atom stereocenters. The van der Waals surface area contributed by atoms with Gasteiger partial charge in [-0.15, -0.1) is 11.3 Å². The van der Waals surface area contributed by atoms with Gasteiger partial charge in [-0.05, 0) is 38.3 Å². The van der Waals surface area contributed by atoms with Crippen LogP contribution in [0.25, 0.3) is 10.4 Å². The maximum atomic E-state index is 12.5. The second kappa shape index (κ2) is 7.42. The summed E-state index contributed by atoms with van der Waals surface area (Å²) in [7, 11) is 0. The van der Waals surface area contributed by atoms with Crippen molar-refractivity contribution < 1.29 is 9.90 Å². The molecule has 1 heterocycles. The lowest BCUT2D eigenvalue weighted by atomic mass is 10.1. The fourth-order valence-corrected chi connectivity index (χ4v) is 3.00. The van der Waals surface area contributed by atoms with Crippen LogP contribution in [0.2, 0.25) is 0 Å². The van der Waals surface area contributed by atoms with Crippen LogP contribution in [0.5, 0.6) is 0 Å². The summed E-state index contributed by atoms with van der Waals surface area (Å²) in [5.41, 5.74) is 1.79. The number of nitrogens with zero attached hydrogens (tertiary/aromatic N) is 1. The number of aliphatic hydroxyl groups excluding tert-OH is 1. The number of hydrogen-bond donors (Lipinski definition) is 2. The van der Waals surface area contributed by atoms with E-state index in [1.54, 1.807) is 23.2 Å². The monoisotopic (exact) mass is 318 g/mol. The Labute approximate surface area is 135 Å². The van der Waals surface area contributed by atoms with Crippen molar-refractivity contribution in [2.75, 3.05) is 11.9 Å². The molecule has 2 rings (SSSR count). The maximum Gasteiger partial charge on any atom is 0.322 e. The van der Waals surface area contributed by atoms with Crippen molar-refractivity contribution in [3.63, 3.8) is 0 Å². The van der Waals surface area contributed by atoms with Crippen LogP contribution >= 0.6 is 11.3 Å². The molecule has 1 aromatic heterocycles. The van der Waals surface area contributed by atoms with E-state index >= 15 is 0 Å². The highest BCUT2D eigenvalue weighted by Gasteiger charge is 2.19. The molecule has 2 aromatic rings. The molecule has 0 fully saturated rings. The zero-order valence-corrected chi connectivity index (χ0v) is 13.9. The molecule has 0 aliphatic carbocycles. The molecule has 4 nitrogen and oxygen atoms in total. The quantitative estimate of drug-likeness (QED) is 0.874. The number of carbonyl (C=O) groups is 1. The van der Waals surface area contributed by atoms with Crippen LogP contribution in [0.3, 0.4) is 0 Å². The molecule has 22 heavy (non-hydrogen) atoms. The number of aliphatic hydroxyl groups is 1. The number of hydrogen-bond acceptors (Lipinski definition) is 3. The van der Waals surface area contributed by atoms with Crippen molar-refractivity contribution in [3.05, 3.63) is 41.8 Å². The Bertz CT molecular complexity index is 609. The second-order valence-electron chi connectivity index (χ2n) is 5.55. The van der Waals surface area contributed by atoms with Gasteiger partial charge in [-0.3, -0.25) is 0 Å². The topological polar surface area (TPSA) is 52.6 Å². The van der Waals surface area contributed by atoms with Gasteiger partial charge < -0.3 is 15.3 Å². The lowest BCUT2D eigenvalue weighted by Crippen LogP contribution is -2.43. The number of anilines is 1. The molecule has 2 amide bonds. The number of carbonyl (C=O) groups excluding carboxylic acids is 1. The molecule has 118 valence electrons. The minimum Gasteiger partial charge on any atom is -0.392 e. The van der Waals surface area contributed by atoms with Crippen LogP contribution in [0.4, 0.5) is 10.5 Å². The fraction of sp³-hybridized carbons (Fsp3) is 0.353. The Morgan fingerprint density at radius 2 is 1.95 bits per heavy atom. The number of benzene rings is 1. The van der Waals surface area contributed by atoms with E-state index in [1.807, 2.05) is 55.6 Å². The van der Waals surface area contributed by atoms with Gasteiger partial charge in [0.1, 0.15) is 0 Å². The third-order valence-corrected chi connectivity index (χ3v) is 4.20. The van der Waals surface area contributed by atoms with E-state index in [0.717, 1.165) is 16.1 Å². The first-order valence-electron chi connectivity index (χ1n) is 7.37. The standard InChI is InChI=1S/C17H22N2O2S/c1-12(2)19(11-13(3)20)17(21)18-15-8-5-4-7-14(15)16-9-6-10-22-16/h4-10,12-13,20H,11H2,1-3H3,(H,18,21). The summed E-state index contributed by atoms with van der Waals surface area (Å²) in [5.74, 6) is 0. The van der Waals surface area contributed by atoms with Gasteiger partial charge in [0.25, 0.3) is 0 Å². The van der Waals surface area contributed by atoms with Crippen molar-refractivity contribution in [2.24, 2.45) is 0 Å². The average Bonchev–Trinajstić information content (AvgIpc) is 2.98. The number of amides is 2. The summed E-state index contributed by atoms with van der Waals surface area (Å²) in [6.45, 7) is 5.87. The zero-order valence-electron chi connectivity index (χ0n) is 13.1. The minimum atomic E-state index is -0.555. The van der Waals surface area contributed by atoms with E-state index in [1.165, 1.54) is 0 Å². The van der Waals surface area contributed by atoms with Crippen LogP contribution in [0.15, 0.2) is 41.8 Å². The Morgan fingerprint density at radius 3 is 2.55 bits per heavy atom. The molecule has 0 spiro atoms. The van der Waals surface area contributed by atoms with Crippen LogP contribution in [-0.4, -0.2) is 34.7 Å². The van der Waals surface area contributed by atoms with Gasteiger partial charge in [0.05, 0.1) is 11.8 Å². The summed E-state index contributed by atoms with van der Waals surface area (Å²) in [6, 6.07) is 11.6. The number of urea groups is 1. The molecule has 0 saturated carbocycles. The molecule has 1 aromatic carbocycles. The molecule has 0 radical (unpaired) electrons. The van der Waals surface area contributed by atoms with Crippen molar-refractivity contribution in [2.45, 2.75) is 32.9 Å². The Morgan fingerprint density at radius 1 is 1.23 bits per heavy atom. The largest absolute Gasteiger partial charge is 0.392 e. The molecule has 1 unspecified atom stereocenters. The van der Waals surface area contributed by atoms with Gasteiger partial charge in [0.2, 0.25) is 0 Å². The first-order chi connectivity index (χ1) is 10.5. The predicted octanol–water partition coefficient (Wildman–Crippen LogP) is 4.04. The lowest BCUT2D eigenvalue weighted by Gasteiger charge is -2.28. The van der Waals surface area contributed by atoms with Gasteiger partial charge in [0.15, 0.2) is 0 Å². The van der Waals surface area contributed by atoms with Gasteiger partial charge in [-0.1, -0.05) is 24.3 Å². The highest BCUT2D eigenvalue weighted by molar-refractivity contribution is 7.13. The highest BCUT2D eigenvalue weighted by Crippen LogP contribution is 2.31. The van der Waals surface area contributed by atoms with E-state index in [9.17, 15) is 9.90 Å². The van der Waals surface area contributed by atoms with E-state index in [2.05, 4.69) is 5.32 Å². The number of thiophene rings is 1. The van der Waals surface area contributed by atoms with Crippen LogP contribution in [0, 0.1) is 0 Å². The Balaban J connectivity index is 2.21. The summed E-state index contributed by atoms with van der Waals surface area (Å²) in [4.78, 5) is 15.3. The molecule has 0 aliphatic rings. The molecule has 0 bridgehead atoms. The molecular formula is C17H22N2O2S. The van der Waals surface area contributed by atoms with E-state index < -0.39 is 6.10 Å². The average molecular weight is 318 g/mol. The number of nitrogens with one attached hydrogen (secondary N) is 1. The van der Waals surface area contributed by atoms with Crippen molar-refractivity contribution in [1.29, 1.82) is 0 Å². The summed E-state index contributed by atoms with van der Waals surface area (Å²) in [6.07, 6.45) is -0.555. The first kappa shape index (κ1) is 16.5. The molecule has 0 aliphatic heterocycles. The van der Waals surface area contributed by atoms with Crippen molar-refractivity contribution >= 4 is 23.1 Å². The number of para-hydroxylation sites is 1. The number of rotatable bonds is 5. The zero-order chi connectivity index (χ0) is 16.1. The SMILES string of the molecule is CC(O)CN(C(=O)Nc1ccccc1-c1cccs1)C(C)C. The highest BCUT2D eigenvalue weighted by atomic mass is 32.1. The summed E-state index contributed by atoms with van der Waals surface area (Å²) in [5, 5.41) is 14.6. The van der Waals surface area contributed by atoms with Gasteiger partial charge in [-0.25, -0.2) is 4.79 Å².